The number of nitrogens with one attached hydrogen (secondary N) is 1. The van der Waals surface area contributed by atoms with E-state index in [9.17, 15) is 4.79 Å². The van der Waals surface area contributed by atoms with Crippen LogP contribution in [0, 0.1) is 0 Å². The second kappa shape index (κ2) is 11.5. The van der Waals surface area contributed by atoms with Crippen LogP contribution in [0.3, 0.4) is 0 Å². The predicted molar refractivity (Wildman–Crippen MR) is 132 cm³/mol. The number of hydrogen-bond acceptors (Lipinski definition) is 3. The normalized spacial score (nSPS) is 10.4. The molecule has 0 spiro atoms. The Morgan fingerprint density at radius 3 is 1.88 bits per heavy atom. The van der Waals surface area contributed by atoms with E-state index < -0.39 is 0 Å². The van der Waals surface area contributed by atoms with Gasteiger partial charge in [0.15, 0.2) is 0 Å². The molecule has 1 amide bonds. The molecule has 0 saturated carbocycles. The zero-order chi connectivity index (χ0) is 22.7. The van der Waals surface area contributed by atoms with Gasteiger partial charge in [0.25, 0.3) is 5.91 Å². The second-order valence-electron chi connectivity index (χ2n) is 7.71. The van der Waals surface area contributed by atoms with E-state index in [1.807, 2.05) is 72.8 Å². The van der Waals surface area contributed by atoms with Crippen LogP contribution in [0.1, 0.15) is 27.9 Å². The van der Waals surface area contributed by atoms with Crippen molar-refractivity contribution in [1.29, 1.82) is 0 Å². The van der Waals surface area contributed by atoms with Crippen LogP contribution in [-0.2, 0) is 13.0 Å². The molecular weight excluding hydrogens is 410 g/mol. The number of amides is 1. The van der Waals surface area contributed by atoms with Crippen LogP contribution in [0.25, 0.3) is 0 Å². The van der Waals surface area contributed by atoms with Crippen molar-refractivity contribution in [2.24, 2.45) is 0 Å². The number of benzene rings is 4. The Hall–Kier alpha value is -4.05. The Labute approximate surface area is 194 Å². The quantitative estimate of drug-likeness (QED) is 0.287. The van der Waals surface area contributed by atoms with E-state index in [1.54, 1.807) is 12.1 Å². The van der Waals surface area contributed by atoms with Crippen LogP contribution < -0.4 is 14.8 Å². The molecule has 0 saturated heterocycles. The lowest BCUT2D eigenvalue weighted by atomic mass is 10.1. The fraction of sp³-hybridized carbons (Fsp3) is 0.138. The molecule has 0 heterocycles. The maximum Gasteiger partial charge on any atom is 0.255 e. The van der Waals surface area contributed by atoms with Gasteiger partial charge in [-0.25, -0.2) is 0 Å². The summed E-state index contributed by atoms with van der Waals surface area (Å²) in [4.78, 5) is 12.6. The Morgan fingerprint density at radius 2 is 1.21 bits per heavy atom. The molecule has 4 aromatic carbocycles. The van der Waals surface area contributed by atoms with Crippen LogP contribution in [0.2, 0.25) is 0 Å². The van der Waals surface area contributed by atoms with Crippen molar-refractivity contribution in [2.75, 3.05) is 11.9 Å². The first-order valence-electron chi connectivity index (χ1n) is 11.1. The predicted octanol–water partition coefficient (Wildman–Crippen LogP) is 6.53. The lowest BCUT2D eigenvalue weighted by molar-refractivity contribution is 0.102. The topological polar surface area (TPSA) is 47.6 Å². The SMILES string of the molecule is O=C(Nc1ccc(OCCCc2ccccc2)cc1)c1ccc(OCc2ccccc2)cc1. The highest BCUT2D eigenvalue weighted by Crippen LogP contribution is 2.19. The summed E-state index contributed by atoms with van der Waals surface area (Å²) in [7, 11) is 0. The van der Waals surface area contributed by atoms with Crippen molar-refractivity contribution in [1.82, 2.24) is 0 Å². The first kappa shape index (κ1) is 22.2. The minimum absolute atomic E-state index is 0.166. The molecule has 0 aromatic heterocycles. The molecule has 0 aliphatic heterocycles. The highest BCUT2D eigenvalue weighted by molar-refractivity contribution is 6.04. The van der Waals surface area contributed by atoms with Gasteiger partial charge in [0, 0.05) is 11.3 Å². The third kappa shape index (κ3) is 6.97. The van der Waals surface area contributed by atoms with Crippen LogP contribution in [0.5, 0.6) is 11.5 Å². The van der Waals surface area contributed by atoms with Gasteiger partial charge in [0.05, 0.1) is 6.61 Å². The molecule has 0 atom stereocenters. The van der Waals surface area contributed by atoms with Gasteiger partial charge in [-0.3, -0.25) is 4.79 Å². The zero-order valence-electron chi connectivity index (χ0n) is 18.4. The summed E-state index contributed by atoms with van der Waals surface area (Å²) in [5.41, 5.74) is 3.71. The molecule has 0 radical (unpaired) electrons. The molecule has 4 rings (SSSR count). The third-order valence-corrected chi connectivity index (χ3v) is 5.20. The van der Waals surface area contributed by atoms with Crippen molar-refractivity contribution in [2.45, 2.75) is 19.4 Å². The van der Waals surface area contributed by atoms with E-state index in [0.717, 1.165) is 35.6 Å². The summed E-state index contributed by atoms with van der Waals surface area (Å²) in [5.74, 6) is 1.35. The van der Waals surface area contributed by atoms with Gasteiger partial charge >= 0.3 is 0 Å². The standard InChI is InChI=1S/C29H27NO3/c31-29(25-13-17-28(18-14-25)33-22-24-10-5-2-6-11-24)30-26-15-19-27(20-16-26)32-21-7-12-23-8-3-1-4-9-23/h1-6,8-11,13-20H,7,12,21-22H2,(H,30,31). The molecule has 4 nitrogen and oxygen atoms in total. The number of rotatable bonds is 10. The average Bonchev–Trinajstić information content (AvgIpc) is 2.88. The minimum Gasteiger partial charge on any atom is -0.494 e. The Balaban J connectivity index is 1.21. The summed E-state index contributed by atoms with van der Waals surface area (Å²) >= 11 is 0. The molecule has 0 unspecified atom stereocenters. The smallest absolute Gasteiger partial charge is 0.255 e. The van der Waals surface area contributed by atoms with Gasteiger partial charge in [-0.15, -0.1) is 0 Å². The van der Waals surface area contributed by atoms with Crippen molar-refractivity contribution in [3.8, 4) is 11.5 Å². The fourth-order valence-corrected chi connectivity index (χ4v) is 3.39. The maximum absolute atomic E-state index is 12.6. The van der Waals surface area contributed by atoms with E-state index in [2.05, 4.69) is 29.6 Å². The second-order valence-corrected chi connectivity index (χ2v) is 7.71. The molecule has 0 bridgehead atoms. The van der Waals surface area contributed by atoms with E-state index in [0.29, 0.717) is 18.8 Å². The van der Waals surface area contributed by atoms with Gasteiger partial charge < -0.3 is 14.8 Å². The summed E-state index contributed by atoms with van der Waals surface area (Å²) in [5, 5.41) is 2.92. The van der Waals surface area contributed by atoms with E-state index in [1.165, 1.54) is 5.56 Å². The summed E-state index contributed by atoms with van der Waals surface area (Å²) in [6.45, 7) is 1.15. The van der Waals surface area contributed by atoms with Gasteiger partial charge in [0.2, 0.25) is 0 Å². The highest BCUT2D eigenvalue weighted by Gasteiger charge is 2.07. The molecule has 4 aromatic rings. The average molecular weight is 438 g/mol. The first-order valence-corrected chi connectivity index (χ1v) is 11.1. The third-order valence-electron chi connectivity index (χ3n) is 5.20. The molecular formula is C29H27NO3. The molecule has 33 heavy (non-hydrogen) atoms. The van der Waals surface area contributed by atoms with E-state index >= 15 is 0 Å². The summed E-state index contributed by atoms with van der Waals surface area (Å²) < 4.78 is 11.6. The van der Waals surface area contributed by atoms with Gasteiger partial charge in [-0.05, 0) is 72.5 Å². The molecule has 0 aliphatic rings. The first-order chi connectivity index (χ1) is 16.3. The summed E-state index contributed by atoms with van der Waals surface area (Å²) in [6, 6.07) is 35.0. The monoisotopic (exact) mass is 437 g/mol. The van der Waals surface area contributed by atoms with Gasteiger partial charge in [-0.2, -0.15) is 0 Å². The van der Waals surface area contributed by atoms with E-state index in [-0.39, 0.29) is 5.91 Å². The molecule has 166 valence electrons. The van der Waals surface area contributed by atoms with Crippen LogP contribution >= 0.6 is 0 Å². The summed E-state index contributed by atoms with van der Waals surface area (Å²) in [6.07, 6.45) is 1.94. The molecule has 1 N–H and O–H groups in total. The maximum atomic E-state index is 12.6. The Morgan fingerprint density at radius 1 is 0.636 bits per heavy atom. The van der Waals surface area contributed by atoms with Crippen LogP contribution in [0.4, 0.5) is 5.69 Å². The van der Waals surface area contributed by atoms with Crippen molar-refractivity contribution in [3.63, 3.8) is 0 Å². The van der Waals surface area contributed by atoms with Crippen molar-refractivity contribution < 1.29 is 14.3 Å². The zero-order valence-corrected chi connectivity index (χ0v) is 18.4. The Bertz CT molecular complexity index is 1130. The largest absolute Gasteiger partial charge is 0.494 e. The number of ether oxygens (including phenoxy) is 2. The number of carbonyl (C=O) groups excluding carboxylic acids is 1. The lowest BCUT2D eigenvalue weighted by Crippen LogP contribution is -2.11. The van der Waals surface area contributed by atoms with Gasteiger partial charge in [0.1, 0.15) is 18.1 Å². The number of hydrogen-bond donors (Lipinski definition) is 1. The Kier molecular flexibility index (Phi) is 7.74. The molecule has 4 heteroatoms. The minimum atomic E-state index is -0.166. The van der Waals surface area contributed by atoms with Crippen molar-refractivity contribution >= 4 is 11.6 Å². The fourth-order valence-electron chi connectivity index (χ4n) is 3.39. The number of anilines is 1. The van der Waals surface area contributed by atoms with Crippen LogP contribution in [-0.4, -0.2) is 12.5 Å². The highest BCUT2D eigenvalue weighted by atomic mass is 16.5. The number of carbonyl (C=O) groups is 1. The number of aryl methyl sites for hydroxylation is 1. The van der Waals surface area contributed by atoms with Crippen molar-refractivity contribution in [3.05, 3.63) is 126 Å². The van der Waals surface area contributed by atoms with E-state index in [4.69, 9.17) is 9.47 Å². The molecule has 0 aliphatic carbocycles. The molecule has 0 fully saturated rings. The van der Waals surface area contributed by atoms with Crippen LogP contribution in [0.15, 0.2) is 109 Å². The van der Waals surface area contributed by atoms with Gasteiger partial charge in [-0.1, -0.05) is 60.7 Å². The lowest BCUT2D eigenvalue weighted by Gasteiger charge is -2.10.